The van der Waals surface area contributed by atoms with Crippen molar-refractivity contribution in [3.8, 4) is 0 Å². The van der Waals surface area contributed by atoms with Gasteiger partial charge in [-0.2, -0.15) is 10.2 Å². The molecule has 0 aliphatic carbocycles. The third-order valence-corrected chi connectivity index (χ3v) is 3.98. The minimum Gasteiger partial charge on any atom is -0.383 e. The molecule has 104 valence electrons. The summed E-state index contributed by atoms with van der Waals surface area (Å²) in [6.07, 6.45) is 4.32. The maximum absolute atomic E-state index is 12.1. The quantitative estimate of drug-likeness (QED) is 0.798. The van der Waals surface area contributed by atoms with Crippen molar-refractivity contribution in [1.82, 2.24) is 20.0 Å². The van der Waals surface area contributed by atoms with E-state index in [1.54, 1.807) is 24.9 Å². The Labute approximate surface area is 110 Å². The molecule has 0 radical (unpaired) electrons. The van der Waals surface area contributed by atoms with Crippen molar-refractivity contribution < 1.29 is 13.2 Å². The molecule has 0 amide bonds. The van der Waals surface area contributed by atoms with Crippen LogP contribution in [0.4, 0.5) is 5.69 Å². The largest absolute Gasteiger partial charge is 0.383 e. The van der Waals surface area contributed by atoms with Crippen molar-refractivity contribution in [2.75, 3.05) is 18.4 Å². The minimum absolute atomic E-state index is 0.122. The molecule has 0 unspecified atom stereocenters. The molecule has 0 atom stereocenters. The monoisotopic (exact) mass is 285 g/mol. The van der Waals surface area contributed by atoms with Crippen molar-refractivity contribution in [3.05, 3.63) is 24.3 Å². The number of hydrogen-bond acceptors (Lipinski definition) is 5. The summed E-state index contributed by atoms with van der Waals surface area (Å²) < 4.78 is 33.1. The van der Waals surface area contributed by atoms with Crippen molar-refractivity contribution in [2.45, 2.75) is 18.4 Å². The van der Waals surface area contributed by atoms with Gasteiger partial charge in [-0.25, -0.2) is 8.42 Å². The molecule has 8 nitrogen and oxygen atoms in total. The molecule has 0 bridgehead atoms. The minimum atomic E-state index is -3.64. The van der Waals surface area contributed by atoms with Crippen LogP contribution in [-0.4, -0.2) is 42.1 Å². The van der Waals surface area contributed by atoms with E-state index >= 15 is 0 Å². The van der Waals surface area contributed by atoms with Gasteiger partial charge in [-0.15, -0.1) is 0 Å². The lowest BCUT2D eigenvalue weighted by Crippen LogP contribution is -2.13. The van der Waals surface area contributed by atoms with E-state index < -0.39 is 10.0 Å². The average molecular weight is 285 g/mol. The molecule has 0 aliphatic heterocycles. The van der Waals surface area contributed by atoms with Crippen LogP contribution < -0.4 is 4.72 Å². The van der Waals surface area contributed by atoms with Gasteiger partial charge in [-0.05, 0) is 6.92 Å². The zero-order valence-corrected chi connectivity index (χ0v) is 11.4. The number of nitrogens with zero attached hydrogens (tertiary/aromatic N) is 3. The van der Waals surface area contributed by atoms with E-state index in [1.165, 1.54) is 12.4 Å². The van der Waals surface area contributed by atoms with Gasteiger partial charge in [0.1, 0.15) is 4.90 Å². The Morgan fingerprint density at radius 2 is 2.26 bits per heavy atom. The second-order valence-corrected chi connectivity index (χ2v) is 5.60. The summed E-state index contributed by atoms with van der Waals surface area (Å²) in [6, 6.07) is 0. The first-order chi connectivity index (χ1) is 9.03. The van der Waals surface area contributed by atoms with Crippen LogP contribution in [0.3, 0.4) is 0 Å². The summed E-state index contributed by atoms with van der Waals surface area (Å²) in [5, 5.41) is 10.3. The first-order valence-electron chi connectivity index (χ1n) is 5.57. The van der Waals surface area contributed by atoms with Crippen LogP contribution >= 0.6 is 0 Å². The van der Waals surface area contributed by atoms with E-state index in [1.807, 2.05) is 0 Å². The van der Waals surface area contributed by atoms with Crippen LogP contribution in [0.1, 0.15) is 5.69 Å². The number of nitrogens with one attached hydrogen (secondary N) is 2. The Morgan fingerprint density at radius 1 is 1.47 bits per heavy atom. The molecule has 0 saturated carbocycles. The Balaban J connectivity index is 2.13. The molecular formula is C10H15N5O3S. The second-order valence-electron chi connectivity index (χ2n) is 3.95. The number of hydrogen-bond donors (Lipinski definition) is 2. The molecule has 2 heterocycles. The molecule has 2 N–H and O–H groups in total. The highest BCUT2D eigenvalue weighted by Crippen LogP contribution is 2.16. The zero-order chi connectivity index (χ0) is 13.9. The lowest BCUT2D eigenvalue weighted by Gasteiger charge is -2.04. The van der Waals surface area contributed by atoms with Gasteiger partial charge in [0, 0.05) is 13.3 Å². The lowest BCUT2D eigenvalue weighted by molar-refractivity contribution is 0.183. The van der Waals surface area contributed by atoms with Crippen LogP contribution in [0.15, 0.2) is 23.5 Å². The highest BCUT2D eigenvalue weighted by atomic mass is 32.2. The summed E-state index contributed by atoms with van der Waals surface area (Å²) in [4.78, 5) is 0.122. The Hall–Kier alpha value is -1.87. The Kier molecular flexibility index (Phi) is 3.86. The van der Waals surface area contributed by atoms with Crippen LogP contribution in [0.25, 0.3) is 0 Å². The highest BCUT2D eigenvalue weighted by molar-refractivity contribution is 7.92. The normalized spacial score (nSPS) is 11.7. The molecule has 2 rings (SSSR count). The molecule has 2 aromatic rings. The predicted octanol–water partition coefficient (Wildman–Crippen LogP) is 0.362. The number of anilines is 1. The molecule has 0 fully saturated rings. The first kappa shape index (κ1) is 13.6. The molecule has 0 saturated heterocycles. The number of sulfonamides is 1. The van der Waals surface area contributed by atoms with Crippen molar-refractivity contribution in [2.24, 2.45) is 0 Å². The van der Waals surface area contributed by atoms with Crippen LogP contribution in [0.2, 0.25) is 0 Å². The molecule has 0 spiro atoms. The summed E-state index contributed by atoms with van der Waals surface area (Å²) in [5.74, 6) is 0. The summed E-state index contributed by atoms with van der Waals surface area (Å²) in [6.45, 7) is 2.71. The number of H-pyrrole nitrogens is 1. The lowest BCUT2D eigenvalue weighted by atomic mass is 10.5. The van der Waals surface area contributed by atoms with Crippen molar-refractivity contribution in [1.29, 1.82) is 0 Å². The van der Waals surface area contributed by atoms with Gasteiger partial charge in [-0.1, -0.05) is 0 Å². The molecule has 2 aromatic heterocycles. The van der Waals surface area contributed by atoms with Crippen molar-refractivity contribution >= 4 is 15.7 Å². The van der Waals surface area contributed by atoms with E-state index in [-0.39, 0.29) is 4.90 Å². The molecule has 19 heavy (non-hydrogen) atoms. The number of ether oxygens (including phenoxy) is 1. The highest BCUT2D eigenvalue weighted by Gasteiger charge is 2.19. The third kappa shape index (κ3) is 3.12. The predicted molar refractivity (Wildman–Crippen MR) is 68.2 cm³/mol. The Morgan fingerprint density at radius 3 is 2.89 bits per heavy atom. The van der Waals surface area contributed by atoms with Gasteiger partial charge < -0.3 is 4.74 Å². The molecule has 9 heteroatoms. The standard InChI is InChI=1S/C10H15N5O3S/c1-8-10(6-11-13-8)19(16,17)14-9-5-12-15(7-9)3-4-18-2/h5-7,14H,3-4H2,1-2H3,(H,11,13). The first-order valence-corrected chi connectivity index (χ1v) is 7.05. The van der Waals surface area contributed by atoms with Crippen molar-refractivity contribution in [3.63, 3.8) is 0 Å². The van der Waals surface area contributed by atoms with Gasteiger partial charge in [0.2, 0.25) is 0 Å². The van der Waals surface area contributed by atoms with Crippen LogP contribution in [-0.2, 0) is 21.3 Å². The van der Waals surface area contributed by atoms with E-state index in [9.17, 15) is 8.42 Å². The van der Waals surface area contributed by atoms with E-state index in [4.69, 9.17) is 4.74 Å². The van der Waals surface area contributed by atoms with Gasteiger partial charge in [0.15, 0.2) is 0 Å². The molecule has 0 aliphatic rings. The maximum Gasteiger partial charge on any atom is 0.265 e. The smallest absolute Gasteiger partial charge is 0.265 e. The Bertz CT molecular complexity index is 646. The van der Waals surface area contributed by atoms with Crippen LogP contribution in [0.5, 0.6) is 0 Å². The molecule has 0 aromatic carbocycles. The SMILES string of the molecule is COCCn1cc(NS(=O)(=O)c2cn[nH]c2C)cn1. The maximum atomic E-state index is 12.1. The topological polar surface area (TPSA) is 102 Å². The van der Waals surface area contributed by atoms with Gasteiger partial charge in [0.05, 0.1) is 36.9 Å². The zero-order valence-electron chi connectivity index (χ0n) is 10.6. The fourth-order valence-electron chi connectivity index (χ4n) is 1.54. The fourth-order valence-corrected chi connectivity index (χ4v) is 2.71. The number of rotatable bonds is 6. The van der Waals surface area contributed by atoms with E-state index in [2.05, 4.69) is 20.0 Å². The van der Waals surface area contributed by atoms with Gasteiger partial charge in [0.25, 0.3) is 10.0 Å². The number of aromatic nitrogens is 4. The number of aryl methyl sites for hydroxylation is 1. The molecular weight excluding hydrogens is 270 g/mol. The van der Waals surface area contributed by atoms with Gasteiger partial charge >= 0.3 is 0 Å². The fraction of sp³-hybridized carbons (Fsp3) is 0.400. The summed E-state index contributed by atoms with van der Waals surface area (Å²) in [5.41, 5.74) is 0.885. The number of methoxy groups -OCH3 is 1. The van der Waals surface area contributed by atoms with E-state index in [0.29, 0.717) is 24.5 Å². The summed E-state index contributed by atoms with van der Waals surface area (Å²) in [7, 11) is -2.04. The van der Waals surface area contributed by atoms with E-state index in [0.717, 1.165) is 0 Å². The second kappa shape index (κ2) is 5.41. The van der Waals surface area contributed by atoms with Gasteiger partial charge in [-0.3, -0.25) is 14.5 Å². The summed E-state index contributed by atoms with van der Waals surface area (Å²) >= 11 is 0. The third-order valence-electron chi connectivity index (χ3n) is 2.48. The average Bonchev–Trinajstić information content (AvgIpc) is 2.95. The number of aromatic amines is 1. The van der Waals surface area contributed by atoms with Crippen LogP contribution in [0, 0.1) is 6.92 Å².